The van der Waals surface area contributed by atoms with Gasteiger partial charge >= 0.3 is 11.9 Å². The van der Waals surface area contributed by atoms with E-state index < -0.39 is 6.10 Å². The predicted molar refractivity (Wildman–Crippen MR) is 211 cm³/mol. The summed E-state index contributed by atoms with van der Waals surface area (Å²) in [6.07, 6.45) is 44.5. The van der Waals surface area contributed by atoms with E-state index in [2.05, 4.69) is 62.5 Å². The third-order valence-corrected chi connectivity index (χ3v) is 9.18. The molecule has 0 aromatic heterocycles. The third kappa shape index (κ3) is 37.1. The fraction of sp³-hybridized carbons (Fsp3) is 0.773. The zero-order valence-electron chi connectivity index (χ0n) is 32.7. The van der Waals surface area contributed by atoms with E-state index in [-0.39, 0.29) is 37.7 Å². The van der Waals surface area contributed by atoms with Crippen LogP contribution in [0.3, 0.4) is 0 Å². The van der Waals surface area contributed by atoms with Gasteiger partial charge in [-0.1, -0.05) is 159 Å². The van der Waals surface area contributed by atoms with E-state index in [0.717, 1.165) is 70.1 Å². The van der Waals surface area contributed by atoms with E-state index in [9.17, 15) is 19.8 Å². The van der Waals surface area contributed by atoms with Gasteiger partial charge in [0.1, 0.15) is 6.61 Å². The van der Waals surface area contributed by atoms with Gasteiger partial charge in [0.2, 0.25) is 0 Å². The molecule has 0 aliphatic carbocycles. The number of allylic oxidation sites excluding steroid dienone is 8. The zero-order chi connectivity index (χ0) is 36.8. The molecule has 0 spiro atoms. The molecule has 0 saturated heterocycles. The Bertz CT molecular complexity index is 874. The highest BCUT2D eigenvalue weighted by Crippen LogP contribution is 2.16. The fourth-order valence-electron chi connectivity index (χ4n) is 5.66. The van der Waals surface area contributed by atoms with Gasteiger partial charge in [-0.3, -0.25) is 9.59 Å². The predicted octanol–water partition coefficient (Wildman–Crippen LogP) is 11.8. The molecule has 0 rings (SSSR count). The van der Waals surface area contributed by atoms with E-state index in [1.807, 2.05) is 6.92 Å². The van der Waals surface area contributed by atoms with E-state index in [0.29, 0.717) is 12.8 Å². The van der Waals surface area contributed by atoms with Crippen LogP contribution < -0.4 is 0 Å². The smallest absolute Gasteiger partial charge is 0.306 e. The number of hydrogen-bond acceptors (Lipinski definition) is 6. The van der Waals surface area contributed by atoms with Crippen molar-refractivity contribution in [3.05, 3.63) is 48.6 Å². The van der Waals surface area contributed by atoms with Gasteiger partial charge in [-0.15, -0.1) is 0 Å². The Kier molecular flexibility index (Phi) is 36.4. The molecular formula is C44H78O6. The van der Waals surface area contributed by atoms with Gasteiger partial charge in [0.25, 0.3) is 0 Å². The highest BCUT2D eigenvalue weighted by atomic mass is 16.6. The van der Waals surface area contributed by atoms with Crippen LogP contribution in [-0.2, 0) is 19.1 Å². The summed E-state index contributed by atoms with van der Waals surface area (Å²) in [5.41, 5.74) is 0. The number of unbranched alkanes of at least 4 members (excludes halogenated alkanes) is 15. The van der Waals surface area contributed by atoms with Crippen LogP contribution in [0.4, 0.5) is 0 Å². The number of ether oxygens (including phenoxy) is 2. The van der Waals surface area contributed by atoms with Crippen molar-refractivity contribution in [3.8, 4) is 0 Å². The van der Waals surface area contributed by atoms with Gasteiger partial charge in [0.15, 0.2) is 6.10 Å². The summed E-state index contributed by atoms with van der Waals surface area (Å²) in [5.74, 6) is 0.225. The maximum atomic E-state index is 12.2. The van der Waals surface area contributed by atoms with Crippen LogP contribution in [-0.4, -0.2) is 47.6 Å². The lowest BCUT2D eigenvalue weighted by Crippen LogP contribution is -2.28. The quantitative estimate of drug-likeness (QED) is 0.0383. The first kappa shape index (κ1) is 47.8. The summed E-state index contributed by atoms with van der Waals surface area (Å²) in [5, 5.41) is 18.8. The summed E-state index contributed by atoms with van der Waals surface area (Å²) in [4.78, 5) is 24.3. The molecule has 0 bridgehead atoms. The lowest BCUT2D eigenvalue weighted by atomic mass is 9.99. The van der Waals surface area contributed by atoms with Gasteiger partial charge in [-0.05, 0) is 70.6 Å². The Labute approximate surface area is 308 Å². The van der Waals surface area contributed by atoms with Crippen molar-refractivity contribution in [1.82, 2.24) is 0 Å². The molecule has 6 heteroatoms. The van der Waals surface area contributed by atoms with E-state index in [1.165, 1.54) is 83.5 Å². The molecule has 50 heavy (non-hydrogen) atoms. The Hall–Kier alpha value is -2.18. The number of hydrogen-bond donors (Lipinski definition) is 2. The standard InChI is InChI=1S/C44H78O6/c1-4-40(2)34-30-26-22-18-14-10-8-9-12-16-20-24-28-32-36-43(47)49-39-42(38-45)50-44(48)37-33-29-25-21-17-13-7-5-6-11-15-19-23-27-31-35-41(3)46/h6-7,11,13,19,21,23,25,40-42,45-46H,4-5,8-10,12,14-18,20,22,24,26-39H2,1-3H3/b11-6-,13-7-,23-19-,25-21-/t40?,41-,42-/m0/s1. The first-order chi connectivity index (χ1) is 24.4. The summed E-state index contributed by atoms with van der Waals surface area (Å²) in [6.45, 7) is 6.03. The molecule has 0 saturated carbocycles. The van der Waals surface area contributed by atoms with Crippen LogP contribution >= 0.6 is 0 Å². The molecule has 0 aliphatic heterocycles. The van der Waals surface area contributed by atoms with Crippen LogP contribution in [0.2, 0.25) is 0 Å². The van der Waals surface area contributed by atoms with Crippen LogP contribution in [0.1, 0.15) is 188 Å². The summed E-state index contributed by atoms with van der Waals surface area (Å²) in [7, 11) is 0. The second kappa shape index (κ2) is 38.1. The molecule has 0 amide bonds. The van der Waals surface area contributed by atoms with Crippen molar-refractivity contribution in [2.75, 3.05) is 13.2 Å². The Morgan fingerprint density at radius 2 is 1.00 bits per heavy atom. The Morgan fingerprint density at radius 1 is 0.560 bits per heavy atom. The summed E-state index contributed by atoms with van der Waals surface area (Å²) >= 11 is 0. The van der Waals surface area contributed by atoms with Gasteiger partial charge in [0, 0.05) is 12.8 Å². The monoisotopic (exact) mass is 703 g/mol. The van der Waals surface area contributed by atoms with Crippen molar-refractivity contribution in [3.63, 3.8) is 0 Å². The second-order valence-electron chi connectivity index (χ2n) is 14.2. The molecule has 2 N–H and O–H groups in total. The van der Waals surface area contributed by atoms with E-state index in [4.69, 9.17) is 9.47 Å². The lowest BCUT2D eigenvalue weighted by Gasteiger charge is -2.15. The minimum absolute atomic E-state index is 0.0950. The molecule has 0 fully saturated rings. The minimum atomic E-state index is -0.808. The van der Waals surface area contributed by atoms with Crippen molar-refractivity contribution in [2.45, 2.75) is 200 Å². The van der Waals surface area contributed by atoms with Gasteiger partial charge in [-0.2, -0.15) is 0 Å². The summed E-state index contributed by atoms with van der Waals surface area (Å²) < 4.78 is 10.6. The maximum Gasteiger partial charge on any atom is 0.306 e. The number of rotatable bonds is 36. The molecule has 0 aliphatic rings. The first-order valence-electron chi connectivity index (χ1n) is 20.6. The van der Waals surface area contributed by atoms with Crippen LogP contribution in [0.5, 0.6) is 0 Å². The molecule has 0 heterocycles. The molecule has 1 unspecified atom stereocenters. The van der Waals surface area contributed by atoms with E-state index >= 15 is 0 Å². The van der Waals surface area contributed by atoms with Crippen molar-refractivity contribution < 1.29 is 29.3 Å². The number of aliphatic hydroxyl groups excluding tert-OH is 2. The molecule has 3 atom stereocenters. The van der Waals surface area contributed by atoms with Gasteiger partial charge in [0.05, 0.1) is 12.7 Å². The van der Waals surface area contributed by atoms with Gasteiger partial charge < -0.3 is 19.7 Å². The summed E-state index contributed by atoms with van der Waals surface area (Å²) in [6, 6.07) is 0. The molecule has 0 aromatic rings. The number of carbonyl (C=O) groups is 2. The second-order valence-corrected chi connectivity index (χ2v) is 14.2. The zero-order valence-corrected chi connectivity index (χ0v) is 32.7. The molecule has 6 nitrogen and oxygen atoms in total. The highest BCUT2D eigenvalue weighted by Gasteiger charge is 2.16. The van der Waals surface area contributed by atoms with Gasteiger partial charge in [-0.25, -0.2) is 0 Å². The van der Waals surface area contributed by atoms with Crippen LogP contribution in [0, 0.1) is 5.92 Å². The first-order valence-corrected chi connectivity index (χ1v) is 20.6. The van der Waals surface area contributed by atoms with Crippen molar-refractivity contribution in [2.24, 2.45) is 5.92 Å². The molecule has 0 aromatic carbocycles. The van der Waals surface area contributed by atoms with Crippen molar-refractivity contribution in [1.29, 1.82) is 0 Å². The van der Waals surface area contributed by atoms with Crippen LogP contribution in [0.25, 0.3) is 0 Å². The number of esters is 2. The Balaban J connectivity index is 3.64. The SMILES string of the molecule is CCC(C)CCCCCCCCCCCCCCCCC(=O)OC[C@H](CO)OC(=O)CCC/C=C\C/C=C\C/C=C\C/C=C\CCC[C@H](C)O. The molecular weight excluding hydrogens is 624 g/mol. The molecule has 0 radical (unpaired) electrons. The Morgan fingerprint density at radius 3 is 1.48 bits per heavy atom. The largest absolute Gasteiger partial charge is 0.462 e. The van der Waals surface area contributed by atoms with E-state index in [1.54, 1.807) is 0 Å². The third-order valence-electron chi connectivity index (χ3n) is 9.18. The average Bonchev–Trinajstić information content (AvgIpc) is 3.10. The number of carbonyl (C=O) groups excluding carboxylic acids is 2. The maximum absolute atomic E-state index is 12.2. The highest BCUT2D eigenvalue weighted by molar-refractivity contribution is 5.70. The average molecular weight is 703 g/mol. The van der Waals surface area contributed by atoms with Crippen molar-refractivity contribution >= 4 is 11.9 Å². The van der Waals surface area contributed by atoms with Crippen LogP contribution in [0.15, 0.2) is 48.6 Å². The molecule has 290 valence electrons. The number of aliphatic hydroxyl groups is 2. The normalized spacial score (nSPS) is 13.9. The fourth-order valence-corrected chi connectivity index (χ4v) is 5.66. The topological polar surface area (TPSA) is 93.1 Å². The lowest BCUT2D eigenvalue weighted by molar-refractivity contribution is -0.161. The minimum Gasteiger partial charge on any atom is -0.462 e.